The number of nitrogens with zero attached hydrogens (tertiary/aromatic N) is 1. The Morgan fingerprint density at radius 2 is 1.79 bits per heavy atom. The molecular formula is C22H21NO5. The molecule has 0 radical (unpaired) electrons. The highest BCUT2D eigenvalue weighted by Crippen LogP contribution is 2.33. The number of aromatic nitrogens is 1. The Kier molecular flexibility index (Phi) is 6.11. The molecule has 0 bridgehead atoms. The van der Waals surface area contributed by atoms with Gasteiger partial charge in [0, 0.05) is 11.6 Å². The third kappa shape index (κ3) is 4.40. The summed E-state index contributed by atoms with van der Waals surface area (Å²) in [5, 5.41) is 9.49. The van der Waals surface area contributed by atoms with Crippen molar-refractivity contribution in [2.24, 2.45) is 0 Å². The molecule has 3 aromatic rings. The van der Waals surface area contributed by atoms with Crippen molar-refractivity contribution in [3.8, 4) is 28.5 Å². The molecule has 6 nitrogen and oxygen atoms in total. The first kappa shape index (κ1) is 19.2. The first-order chi connectivity index (χ1) is 13.6. The van der Waals surface area contributed by atoms with E-state index in [0.29, 0.717) is 35.2 Å². The second-order valence-electron chi connectivity index (χ2n) is 5.89. The molecule has 28 heavy (non-hydrogen) atoms. The van der Waals surface area contributed by atoms with Crippen molar-refractivity contribution in [2.75, 3.05) is 13.7 Å². The maximum Gasteiger partial charge on any atom is 0.337 e. The van der Waals surface area contributed by atoms with Crippen molar-refractivity contribution < 1.29 is 24.1 Å². The fourth-order valence-electron chi connectivity index (χ4n) is 2.74. The van der Waals surface area contributed by atoms with Crippen LogP contribution in [0.3, 0.4) is 0 Å². The lowest BCUT2D eigenvalue weighted by molar-refractivity contribution is 0.0693. The molecule has 0 spiro atoms. The van der Waals surface area contributed by atoms with Gasteiger partial charge in [0.25, 0.3) is 0 Å². The van der Waals surface area contributed by atoms with Gasteiger partial charge in [-0.1, -0.05) is 18.2 Å². The van der Waals surface area contributed by atoms with Crippen LogP contribution >= 0.6 is 0 Å². The van der Waals surface area contributed by atoms with Gasteiger partial charge in [-0.15, -0.1) is 0 Å². The molecule has 144 valence electrons. The van der Waals surface area contributed by atoms with Gasteiger partial charge in [0.1, 0.15) is 23.9 Å². The number of benzene rings is 2. The zero-order valence-corrected chi connectivity index (χ0v) is 15.7. The number of rotatable bonds is 8. The summed E-state index contributed by atoms with van der Waals surface area (Å²) in [6.45, 7) is 2.42. The highest BCUT2D eigenvalue weighted by molar-refractivity contribution is 5.89. The molecule has 2 aromatic carbocycles. The minimum Gasteiger partial charge on any atom is -0.497 e. The van der Waals surface area contributed by atoms with E-state index in [1.165, 1.54) is 6.07 Å². The summed E-state index contributed by atoms with van der Waals surface area (Å²) >= 11 is 0. The minimum atomic E-state index is -1.05. The van der Waals surface area contributed by atoms with Crippen molar-refractivity contribution >= 4 is 5.97 Å². The number of methoxy groups -OCH3 is 1. The first-order valence-electron chi connectivity index (χ1n) is 8.84. The largest absolute Gasteiger partial charge is 0.497 e. The van der Waals surface area contributed by atoms with Gasteiger partial charge in [0.15, 0.2) is 0 Å². The van der Waals surface area contributed by atoms with Crippen LogP contribution in [0.25, 0.3) is 11.3 Å². The monoisotopic (exact) mass is 379 g/mol. The van der Waals surface area contributed by atoms with E-state index in [9.17, 15) is 9.90 Å². The third-order valence-corrected chi connectivity index (χ3v) is 4.09. The lowest BCUT2D eigenvalue weighted by atomic mass is 10.1. The molecule has 0 saturated carbocycles. The quantitative estimate of drug-likeness (QED) is 0.624. The molecule has 0 unspecified atom stereocenters. The number of carboxylic acid groups (broad SMARTS) is 1. The number of aromatic carboxylic acids is 1. The van der Waals surface area contributed by atoms with Crippen molar-refractivity contribution in [3.63, 3.8) is 0 Å². The molecule has 1 aromatic heterocycles. The normalized spacial score (nSPS) is 10.4. The molecular weight excluding hydrogens is 358 g/mol. The van der Waals surface area contributed by atoms with Crippen molar-refractivity contribution in [2.45, 2.75) is 13.5 Å². The molecule has 6 heteroatoms. The number of carboxylic acids is 1. The van der Waals surface area contributed by atoms with Crippen LogP contribution in [0.2, 0.25) is 0 Å². The van der Waals surface area contributed by atoms with Crippen LogP contribution < -0.4 is 14.2 Å². The first-order valence-corrected chi connectivity index (χ1v) is 8.84. The number of pyridine rings is 1. The fourth-order valence-corrected chi connectivity index (χ4v) is 2.74. The molecule has 0 aliphatic carbocycles. The summed E-state index contributed by atoms with van der Waals surface area (Å²) in [7, 11) is 1.59. The number of carbonyl (C=O) groups is 1. The maximum atomic E-state index is 11.6. The Bertz CT molecular complexity index is 956. The summed E-state index contributed by atoms with van der Waals surface area (Å²) in [6.07, 6.45) is 0. The minimum absolute atomic E-state index is 0.0413. The molecule has 0 amide bonds. The van der Waals surface area contributed by atoms with Crippen molar-refractivity contribution in [1.29, 1.82) is 0 Å². The van der Waals surface area contributed by atoms with Gasteiger partial charge in [-0.05, 0) is 43.3 Å². The van der Waals surface area contributed by atoms with Gasteiger partial charge >= 0.3 is 5.97 Å². The van der Waals surface area contributed by atoms with Crippen LogP contribution in [0.1, 0.15) is 23.0 Å². The number of para-hydroxylation sites is 1. The molecule has 0 fully saturated rings. The Hall–Kier alpha value is -3.54. The lowest BCUT2D eigenvalue weighted by Crippen LogP contribution is -2.09. The Labute approximate surface area is 163 Å². The van der Waals surface area contributed by atoms with E-state index in [1.807, 2.05) is 37.3 Å². The van der Waals surface area contributed by atoms with E-state index in [-0.39, 0.29) is 12.2 Å². The zero-order valence-electron chi connectivity index (χ0n) is 15.7. The van der Waals surface area contributed by atoms with Crippen LogP contribution in [-0.4, -0.2) is 29.8 Å². The van der Waals surface area contributed by atoms with Crippen LogP contribution in [0.15, 0.2) is 60.7 Å². The zero-order chi connectivity index (χ0) is 19.9. The lowest BCUT2D eigenvalue weighted by Gasteiger charge is -2.14. The van der Waals surface area contributed by atoms with Crippen molar-refractivity contribution in [1.82, 2.24) is 4.98 Å². The number of hydrogen-bond donors (Lipinski definition) is 1. The van der Waals surface area contributed by atoms with Crippen LogP contribution in [-0.2, 0) is 6.61 Å². The summed E-state index contributed by atoms with van der Waals surface area (Å²) < 4.78 is 16.7. The molecule has 0 aliphatic rings. The number of hydrogen-bond acceptors (Lipinski definition) is 5. The SMILES string of the molecule is CCOc1cc(OC)ccc1-c1ccc(C(=O)O)c(COc2ccccc2)n1. The van der Waals surface area contributed by atoms with Crippen molar-refractivity contribution in [3.05, 3.63) is 71.9 Å². The van der Waals surface area contributed by atoms with Gasteiger partial charge in [-0.2, -0.15) is 0 Å². The average Bonchev–Trinajstić information content (AvgIpc) is 2.73. The molecule has 0 aliphatic heterocycles. The second kappa shape index (κ2) is 8.90. The highest BCUT2D eigenvalue weighted by atomic mass is 16.5. The fraction of sp³-hybridized carbons (Fsp3) is 0.182. The predicted molar refractivity (Wildman–Crippen MR) is 105 cm³/mol. The highest BCUT2D eigenvalue weighted by Gasteiger charge is 2.16. The van der Waals surface area contributed by atoms with E-state index >= 15 is 0 Å². The van der Waals surface area contributed by atoms with E-state index in [2.05, 4.69) is 4.98 Å². The summed E-state index contributed by atoms with van der Waals surface area (Å²) in [4.78, 5) is 16.1. The molecule has 0 saturated heterocycles. The van der Waals surface area contributed by atoms with Gasteiger partial charge in [-0.3, -0.25) is 0 Å². The van der Waals surface area contributed by atoms with E-state index in [4.69, 9.17) is 14.2 Å². The Balaban J connectivity index is 1.97. The van der Waals surface area contributed by atoms with Crippen LogP contribution in [0.4, 0.5) is 0 Å². The van der Waals surface area contributed by atoms with E-state index in [1.54, 1.807) is 31.4 Å². The Morgan fingerprint density at radius 3 is 2.46 bits per heavy atom. The Morgan fingerprint density at radius 1 is 1.00 bits per heavy atom. The third-order valence-electron chi connectivity index (χ3n) is 4.09. The van der Waals surface area contributed by atoms with E-state index < -0.39 is 5.97 Å². The predicted octanol–water partition coefficient (Wildman–Crippen LogP) is 4.43. The van der Waals surface area contributed by atoms with Gasteiger partial charge in [0.2, 0.25) is 0 Å². The number of ether oxygens (including phenoxy) is 3. The molecule has 0 atom stereocenters. The van der Waals surface area contributed by atoms with Crippen LogP contribution in [0, 0.1) is 0 Å². The van der Waals surface area contributed by atoms with Gasteiger partial charge in [-0.25, -0.2) is 9.78 Å². The standard InChI is InChI=1S/C22H21NO5/c1-3-27-21-13-16(26-2)9-10-17(21)19-12-11-18(22(24)25)20(23-19)14-28-15-7-5-4-6-8-15/h4-13H,3,14H2,1-2H3,(H,24,25). The summed E-state index contributed by atoms with van der Waals surface area (Å²) in [6, 6.07) is 17.8. The van der Waals surface area contributed by atoms with Crippen LogP contribution in [0.5, 0.6) is 17.2 Å². The summed E-state index contributed by atoms with van der Waals surface area (Å²) in [5.74, 6) is 0.880. The smallest absolute Gasteiger partial charge is 0.337 e. The second-order valence-corrected chi connectivity index (χ2v) is 5.89. The van der Waals surface area contributed by atoms with Gasteiger partial charge < -0.3 is 19.3 Å². The molecule has 1 N–H and O–H groups in total. The topological polar surface area (TPSA) is 77.9 Å². The molecule has 1 heterocycles. The maximum absolute atomic E-state index is 11.6. The molecule has 3 rings (SSSR count). The summed E-state index contributed by atoms with van der Waals surface area (Å²) in [5.41, 5.74) is 1.79. The average molecular weight is 379 g/mol. The van der Waals surface area contributed by atoms with Gasteiger partial charge in [0.05, 0.1) is 30.7 Å². The van der Waals surface area contributed by atoms with E-state index in [0.717, 1.165) is 5.56 Å².